The zero-order chi connectivity index (χ0) is 11.3. The van der Waals surface area contributed by atoms with Crippen LogP contribution in [-0.4, -0.2) is 18.4 Å². The van der Waals surface area contributed by atoms with Crippen molar-refractivity contribution < 1.29 is 14.3 Å². The third kappa shape index (κ3) is 1.13. The Hall–Kier alpha value is -1.68. The number of imide groups is 1. The molecule has 82 valence electrons. The van der Waals surface area contributed by atoms with Gasteiger partial charge in [0.15, 0.2) is 0 Å². The van der Waals surface area contributed by atoms with Crippen molar-refractivity contribution in [2.45, 2.75) is 19.4 Å². The van der Waals surface area contributed by atoms with Gasteiger partial charge in [-0.2, -0.15) is 0 Å². The molecule has 4 nitrogen and oxygen atoms in total. The molecule has 1 atom stereocenters. The highest BCUT2D eigenvalue weighted by Gasteiger charge is 2.32. The fraction of sp³-hybridized carbons (Fsp3) is 0.333. The molecule has 0 radical (unpaired) electrons. The average molecular weight is 217 g/mol. The molecule has 0 aliphatic carbocycles. The van der Waals surface area contributed by atoms with Crippen molar-refractivity contribution in [1.82, 2.24) is 5.32 Å². The molecule has 4 heteroatoms. The summed E-state index contributed by atoms with van der Waals surface area (Å²) in [5.74, 6) is -0.595. The van der Waals surface area contributed by atoms with Crippen LogP contribution in [0.4, 0.5) is 0 Å². The summed E-state index contributed by atoms with van der Waals surface area (Å²) in [6.07, 6.45) is 1.07. The lowest BCUT2D eigenvalue weighted by Crippen LogP contribution is -2.21. The number of fused-ring (bicyclic) bond motifs is 1. The molecule has 0 spiro atoms. The first kappa shape index (κ1) is 9.54. The Morgan fingerprint density at radius 1 is 1.31 bits per heavy atom. The fourth-order valence-corrected chi connectivity index (χ4v) is 2.27. The van der Waals surface area contributed by atoms with Crippen molar-refractivity contribution in [3.8, 4) is 0 Å². The molecule has 1 N–H and O–H groups in total. The molecule has 1 saturated heterocycles. The number of carbonyl (C=O) groups is 2. The lowest BCUT2D eigenvalue weighted by atomic mass is 9.92. The first-order chi connectivity index (χ1) is 7.68. The molecule has 0 aromatic heterocycles. The summed E-state index contributed by atoms with van der Waals surface area (Å²) in [4.78, 5) is 23.0. The minimum absolute atomic E-state index is 0.0915. The van der Waals surface area contributed by atoms with Crippen LogP contribution in [0.15, 0.2) is 12.1 Å². The molecule has 2 aliphatic heterocycles. The Balaban J connectivity index is 2.15. The second kappa shape index (κ2) is 3.15. The van der Waals surface area contributed by atoms with Gasteiger partial charge in [-0.25, -0.2) is 0 Å². The van der Waals surface area contributed by atoms with Crippen molar-refractivity contribution in [3.05, 3.63) is 34.4 Å². The molecule has 0 unspecified atom stereocenters. The van der Waals surface area contributed by atoms with Gasteiger partial charge in [0.2, 0.25) is 0 Å². The molecule has 1 fully saturated rings. The van der Waals surface area contributed by atoms with E-state index in [0.717, 1.165) is 24.2 Å². The van der Waals surface area contributed by atoms with E-state index in [4.69, 9.17) is 4.74 Å². The van der Waals surface area contributed by atoms with Gasteiger partial charge in [0.1, 0.15) is 0 Å². The Morgan fingerprint density at radius 3 is 2.69 bits per heavy atom. The zero-order valence-electron chi connectivity index (χ0n) is 8.87. The Morgan fingerprint density at radius 2 is 2.06 bits per heavy atom. The summed E-state index contributed by atoms with van der Waals surface area (Å²) in [5.41, 5.74) is 2.88. The maximum absolute atomic E-state index is 11.6. The lowest BCUT2D eigenvalue weighted by molar-refractivity contribution is -0.0530. The van der Waals surface area contributed by atoms with Crippen LogP contribution in [0.1, 0.15) is 44.4 Å². The fourth-order valence-electron chi connectivity index (χ4n) is 2.27. The third-order valence-electron chi connectivity index (χ3n) is 3.25. The van der Waals surface area contributed by atoms with E-state index < -0.39 is 0 Å². The molecule has 16 heavy (non-hydrogen) atoms. The van der Waals surface area contributed by atoms with Crippen LogP contribution >= 0.6 is 0 Å². The number of benzene rings is 1. The van der Waals surface area contributed by atoms with Crippen molar-refractivity contribution in [1.29, 1.82) is 0 Å². The summed E-state index contributed by atoms with van der Waals surface area (Å²) in [6.45, 7) is 2.64. The smallest absolute Gasteiger partial charge is 0.259 e. The van der Waals surface area contributed by atoms with Crippen LogP contribution in [-0.2, 0) is 4.74 Å². The first-order valence-electron chi connectivity index (χ1n) is 5.29. The Kier molecular flexibility index (Phi) is 1.88. The van der Waals surface area contributed by atoms with Crippen LogP contribution in [0, 0.1) is 6.92 Å². The van der Waals surface area contributed by atoms with Crippen LogP contribution in [0.25, 0.3) is 0 Å². The van der Waals surface area contributed by atoms with E-state index >= 15 is 0 Å². The monoisotopic (exact) mass is 217 g/mol. The number of hydrogen-bond acceptors (Lipinski definition) is 3. The molecule has 0 saturated carbocycles. The van der Waals surface area contributed by atoms with E-state index in [1.807, 2.05) is 13.0 Å². The van der Waals surface area contributed by atoms with Gasteiger partial charge in [-0.05, 0) is 24.1 Å². The largest absolute Gasteiger partial charge is 0.373 e. The summed E-state index contributed by atoms with van der Waals surface area (Å²) < 4.78 is 5.40. The molecular weight excluding hydrogens is 206 g/mol. The second-order valence-electron chi connectivity index (χ2n) is 4.13. The molecule has 0 bridgehead atoms. The van der Waals surface area contributed by atoms with E-state index in [0.29, 0.717) is 11.1 Å². The number of carbonyl (C=O) groups excluding carboxylic acids is 2. The highest BCUT2D eigenvalue weighted by Crippen LogP contribution is 2.34. The van der Waals surface area contributed by atoms with Gasteiger partial charge in [-0.1, -0.05) is 6.07 Å². The Bertz CT molecular complexity index is 503. The summed E-state index contributed by atoms with van der Waals surface area (Å²) in [6, 6.07) is 3.59. The first-order valence-corrected chi connectivity index (χ1v) is 5.29. The van der Waals surface area contributed by atoms with Gasteiger partial charge in [0.25, 0.3) is 11.8 Å². The van der Waals surface area contributed by atoms with Crippen LogP contribution in [0.3, 0.4) is 0 Å². The molecule has 1 aromatic rings. The van der Waals surface area contributed by atoms with Gasteiger partial charge in [0, 0.05) is 6.42 Å². The van der Waals surface area contributed by atoms with Gasteiger partial charge in [0.05, 0.1) is 23.8 Å². The standard InChI is InChI=1S/C12H11NO3/c1-6-7(9-4-5-16-9)2-3-8-10(6)12(15)13-11(8)14/h2-3,9H,4-5H2,1H3,(H,13,14,15)/t9-/m0/s1. The number of hydrogen-bond donors (Lipinski definition) is 1. The third-order valence-corrected chi connectivity index (χ3v) is 3.25. The predicted octanol–water partition coefficient (Wildman–Crippen LogP) is 1.34. The summed E-state index contributed by atoms with van der Waals surface area (Å²) >= 11 is 0. The van der Waals surface area contributed by atoms with E-state index in [1.54, 1.807) is 6.07 Å². The number of ether oxygens (including phenoxy) is 1. The van der Waals surface area contributed by atoms with Crippen LogP contribution < -0.4 is 5.32 Å². The van der Waals surface area contributed by atoms with E-state index in [2.05, 4.69) is 5.32 Å². The van der Waals surface area contributed by atoms with E-state index in [-0.39, 0.29) is 17.9 Å². The maximum atomic E-state index is 11.6. The highest BCUT2D eigenvalue weighted by molar-refractivity contribution is 6.22. The number of nitrogens with one attached hydrogen (secondary N) is 1. The molecular formula is C12H11NO3. The maximum Gasteiger partial charge on any atom is 0.259 e. The van der Waals surface area contributed by atoms with Gasteiger partial charge in [-0.15, -0.1) is 0 Å². The second-order valence-corrected chi connectivity index (χ2v) is 4.13. The zero-order valence-corrected chi connectivity index (χ0v) is 8.87. The van der Waals surface area contributed by atoms with Gasteiger partial charge in [-0.3, -0.25) is 14.9 Å². The SMILES string of the molecule is Cc1c([C@@H]2CCO2)ccc2c1C(=O)NC2=O. The van der Waals surface area contributed by atoms with Crippen molar-refractivity contribution >= 4 is 11.8 Å². The molecule has 2 amide bonds. The Labute approximate surface area is 92.6 Å². The number of amides is 2. The minimum atomic E-state index is -0.302. The normalized spacial score (nSPS) is 22.7. The van der Waals surface area contributed by atoms with Gasteiger partial charge < -0.3 is 4.74 Å². The van der Waals surface area contributed by atoms with E-state index in [9.17, 15) is 9.59 Å². The molecule has 3 rings (SSSR count). The van der Waals surface area contributed by atoms with E-state index in [1.165, 1.54) is 0 Å². The van der Waals surface area contributed by atoms with Crippen molar-refractivity contribution in [3.63, 3.8) is 0 Å². The van der Waals surface area contributed by atoms with Crippen molar-refractivity contribution in [2.75, 3.05) is 6.61 Å². The topological polar surface area (TPSA) is 55.4 Å². The number of rotatable bonds is 1. The van der Waals surface area contributed by atoms with Crippen LogP contribution in [0.5, 0.6) is 0 Å². The quantitative estimate of drug-likeness (QED) is 0.722. The molecule has 2 aliphatic rings. The molecule has 2 heterocycles. The highest BCUT2D eigenvalue weighted by atomic mass is 16.5. The van der Waals surface area contributed by atoms with Gasteiger partial charge >= 0.3 is 0 Å². The molecule has 1 aromatic carbocycles. The lowest BCUT2D eigenvalue weighted by Gasteiger charge is -2.28. The van der Waals surface area contributed by atoms with Crippen LogP contribution in [0.2, 0.25) is 0 Å². The average Bonchev–Trinajstić information content (AvgIpc) is 2.44. The summed E-state index contributed by atoms with van der Waals surface area (Å²) in [5, 5.41) is 2.31. The summed E-state index contributed by atoms with van der Waals surface area (Å²) in [7, 11) is 0. The predicted molar refractivity (Wildman–Crippen MR) is 56.3 cm³/mol. The van der Waals surface area contributed by atoms with Crippen molar-refractivity contribution in [2.24, 2.45) is 0 Å². The minimum Gasteiger partial charge on any atom is -0.373 e.